The standard InChI is InChI=1S/C16H18ClFN2O2/c1-9-12(15(21)19-8-16(2,3)4)14(20-22-9)13-10(17)6-5-7-11(13)18/h5-7H,8H2,1-4H3,(H,19,21). The van der Waals surface area contributed by atoms with Crippen molar-refractivity contribution in [1.82, 2.24) is 10.5 Å². The fourth-order valence-electron chi connectivity index (χ4n) is 1.97. The lowest BCUT2D eigenvalue weighted by Crippen LogP contribution is -2.32. The van der Waals surface area contributed by atoms with Gasteiger partial charge in [0.15, 0.2) is 0 Å². The van der Waals surface area contributed by atoms with Gasteiger partial charge >= 0.3 is 0 Å². The molecule has 6 heteroatoms. The first-order valence-corrected chi connectivity index (χ1v) is 7.27. The van der Waals surface area contributed by atoms with Gasteiger partial charge in [-0.25, -0.2) is 4.39 Å². The van der Waals surface area contributed by atoms with Gasteiger partial charge in [-0.3, -0.25) is 4.79 Å². The van der Waals surface area contributed by atoms with Gasteiger partial charge in [-0.05, 0) is 24.5 Å². The number of nitrogens with one attached hydrogen (secondary N) is 1. The number of nitrogens with zero attached hydrogens (tertiary/aromatic N) is 1. The molecular weight excluding hydrogens is 307 g/mol. The van der Waals surface area contributed by atoms with E-state index in [1.807, 2.05) is 20.8 Å². The molecule has 0 saturated heterocycles. The van der Waals surface area contributed by atoms with Crippen LogP contribution in [0.5, 0.6) is 0 Å². The smallest absolute Gasteiger partial charge is 0.257 e. The molecule has 2 rings (SSSR count). The van der Waals surface area contributed by atoms with Crippen molar-refractivity contribution in [3.63, 3.8) is 0 Å². The third-order valence-electron chi connectivity index (χ3n) is 3.07. The van der Waals surface area contributed by atoms with Crippen LogP contribution in [-0.2, 0) is 0 Å². The third-order valence-corrected chi connectivity index (χ3v) is 3.38. The highest BCUT2D eigenvalue weighted by molar-refractivity contribution is 6.33. The van der Waals surface area contributed by atoms with E-state index >= 15 is 0 Å². The van der Waals surface area contributed by atoms with Gasteiger partial charge in [-0.15, -0.1) is 0 Å². The first-order valence-electron chi connectivity index (χ1n) is 6.89. The Morgan fingerprint density at radius 3 is 2.68 bits per heavy atom. The Morgan fingerprint density at radius 1 is 1.41 bits per heavy atom. The van der Waals surface area contributed by atoms with Crippen LogP contribution in [0.2, 0.25) is 5.02 Å². The summed E-state index contributed by atoms with van der Waals surface area (Å²) in [5, 5.41) is 6.80. The molecule has 0 aliphatic heterocycles. The first-order chi connectivity index (χ1) is 10.2. The minimum Gasteiger partial charge on any atom is -0.360 e. The Labute approximate surface area is 133 Å². The number of carbonyl (C=O) groups excluding carboxylic acids is 1. The largest absolute Gasteiger partial charge is 0.360 e. The topological polar surface area (TPSA) is 55.1 Å². The molecule has 2 aromatic rings. The molecule has 118 valence electrons. The van der Waals surface area contributed by atoms with Gasteiger partial charge in [0.25, 0.3) is 5.91 Å². The SMILES string of the molecule is Cc1onc(-c2c(F)cccc2Cl)c1C(=O)NCC(C)(C)C. The quantitative estimate of drug-likeness (QED) is 0.919. The fourth-order valence-corrected chi connectivity index (χ4v) is 2.22. The number of rotatable bonds is 3. The zero-order valence-corrected chi connectivity index (χ0v) is 13.7. The van der Waals surface area contributed by atoms with Crippen molar-refractivity contribution >= 4 is 17.5 Å². The van der Waals surface area contributed by atoms with Crippen LogP contribution in [0.4, 0.5) is 4.39 Å². The zero-order chi connectivity index (χ0) is 16.5. The van der Waals surface area contributed by atoms with E-state index < -0.39 is 5.82 Å². The number of aryl methyl sites for hydroxylation is 1. The van der Waals surface area contributed by atoms with Crippen LogP contribution < -0.4 is 5.32 Å². The van der Waals surface area contributed by atoms with Gasteiger partial charge < -0.3 is 9.84 Å². The molecule has 22 heavy (non-hydrogen) atoms. The average Bonchev–Trinajstić information content (AvgIpc) is 2.77. The third kappa shape index (κ3) is 3.47. The van der Waals surface area contributed by atoms with Gasteiger partial charge in [0, 0.05) is 6.54 Å². The molecule has 1 N–H and O–H groups in total. The Morgan fingerprint density at radius 2 is 2.09 bits per heavy atom. The summed E-state index contributed by atoms with van der Waals surface area (Å²) in [7, 11) is 0. The van der Waals surface area contributed by atoms with Crippen molar-refractivity contribution in [3.05, 3.63) is 40.4 Å². The zero-order valence-electron chi connectivity index (χ0n) is 13.0. The molecule has 1 aromatic heterocycles. The summed E-state index contributed by atoms with van der Waals surface area (Å²) in [5.41, 5.74) is 0.321. The number of carbonyl (C=O) groups is 1. The molecule has 1 amide bonds. The summed E-state index contributed by atoms with van der Waals surface area (Å²) in [6, 6.07) is 4.30. The first kappa shape index (κ1) is 16.5. The van der Waals surface area contributed by atoms with Gasteiger partial charge in [0.1, 0.15) is 22.8 Å². The van der Waals surface area contributed by atoms with Gasteiger partial charge in [0.05, 0.1) is 10.6 Å². The van der Waals surface area contributed by atoms with E-state index in [4.69, 9.17) is 16.1 Å². The lowest BCUT2D eigenvalue weighted by atomic mass is 9.96. The Balaban J connectivity index is 2.43. The second-order valence-corrected chi connectivity index (χ2v) is 6.71. The van der Waals surface area contributed by atoms with Crippen LogP contribution >= 0.6 is 11.6 Å². The maximum absolute atomic E-state index is 14.1. The highest BCUT2D eigenvalue weighted by atomic mass is 35.5. The monoisotopic (exact) mass is 324 g/mol. The molecule has 0 spiro atoms. The van der Waals surface area contributed by atoms with E-state index in [2.05, 4.69) is 10.5 Å². The van der Waals surface area contributed by atoms with Crippen LogP contribution in [0.25, 0.3) is 11.3 Å². The normalized spacial score (nSPS) is 11.5. The minimum absolute atomic E-state index is 0.0712. The van der Waals surface area contributed by atoms with E-state index in [1.54, 1.807) is 13.0 Å². The van der Waals surface area contributed by atoms with Gasteiger partial charge in [-0.2, -0.15) is 0 Å². The summed E-state index contributed by atoms with van der Waals surface area (Å²) >= 11 is 6.05. The predicted molar refractivity (Wildman–Crippen MR) is 83.4 cm³/mol. The molecule has 0 fully saturated rings. The molecule has 0 saturated carbocycles. The predicted octanol–water partition coefficient (Wildman–Crippen LogP) is 4.22. The van der Waals surface area contributed by atoms with Crippen LogP contribution in [-0.4, -0.2) is 17.6 Å². The maximum atomic E-state index is 14.1. The molecule has 1 aromatic carbocycles. The highest BCUT2D eigenvalue weighted by Crippen LogP contribution is 2.33. The molecular formula is C16H18ClFN2O2. The van der Waals surface area contributed by atoms with Crippen molar-refractivity contribution < 1.29 is 13.7 Å². The second kappa shape index (κ2) is 6.08. The lowest BCUT2D eigenvalue weighted by molar-refractivity contribution is 0.0938. The van der Waals surface area contributed by atoms with Gasteiger partial charge in [-0.1, -0.05) is 43.6 Å². The molecule has 0 radical (unpaired) electrons. The Kier molecular flexibility index (Phi) is 4.56. The molecule has 0 unspecified atom stereocenters. The molecule has 0 bridgehead atoms. The highest BCUT2D eigenvalue weighted by Gasteiger charge is 2.26. The molecule has 1 heterocycles. The summed E-state index contributed by atoms with van der Waals surface area (Å²) in [4.78, 5) is 12.4. The number of hydrogen-bond acceptors (Lipinski definition) is 3. The summed E-state index contributed by atoms with van der Waals surface area (Å²) in [5.74, 6) is -0.589. The Bertz CT molecular complexity index is 684. The average molecular weight is 325 g/mol. The maximum Gasteiger partial charge on any atom is 0.257 e. The number of halogens is 2. The van der Waals surface area contributed by atoms with Crippen LogP contribution in [0.3, 0.4) is 0 Å². The van der Waals surface area contributed by atoms with E-state index in [1.165, 1.54) is 12.1 Å². The van der Waals surface area contributed by atoms with E-state index in [0.717, 1.165) is 0 Å². The van der Waals surface area contributed by atoms with Crippen LogP contribution in [0, 0.1) is 18.2 Å². The Hall–Kier alpha value is -1.88. The van der Waals surface area contributed by atoms with E-state index in [9.17, 15) is 9.18 Å². The number of aromatic nitrogens is 1. The van der Waals surface area contributed by atoms with Crippen LogP contribution in [0.15, 0.2) is 22.7 Å². The van der Waals surface area contributed by atoms with E-state index in [-0.39, 0.29) is 33.2 Å². The summed E-state index contributed by atoms with van der Waals surface area (Å²) in [6.45, 7) is 8.09. The van der Waals surface area contributed by atoms with Crippen molar-refractivity contribution in [2.75, 3.05) is 6.54 Å². The van der Waals surface area contributed by atoms with Crippen LogP contribution in [0.1, 0.15) is 36.9 Å². The molecule has 0 aliphatic rings. The lowest BCUT2D eigenvalue weighted by Gasteiger charge is -2.18. The number of amides is 1. The molecule has 4 nitrogen and oxygen atoms in total. The second-order valence-electron chi connectivity index (χ2n) is 6.30. The van der Waals surface area contributed by atoms with Crippen molar-refractivity contribution in [1.29, 1.82) is 0 Å². The number of benzene rings is 1. The molecule has 0 atom stereocenters. The summed E-state index contributed by atoms with van der Waals surface area (Å²) < 4.78 is 19.1. The van der Waals surface area contributed by atoms with E-state index in [0.29, 0.717) is 12.3 Å². The van der Waals surface area contributed by atoms with Crippen molar-refractivity contribution in [3.8, 4) is 11.3 Å². The minimum atomic E-state index is -0.550. The summed E-state index contributed by atoms with van der Waals surface area (Å²) in [6.07, 6.45) is 0. The van der Waals surface area contributed by atoms with Gasteiger partial charge in [0.2, 0.25) is 0 Å². The van der Waals surface area contributed by atoms with Crippen molar-refractivity contribution in [2.24, 2.45) is 5.41 Å². The van der Waals surface area contributed by atoms with Crippen molar-refractivity contribution in [2.45, 2.75) is 27.7 Å². The number of hydrogen-bond donors (Lipinski definition) is 1. The molecule has 0 aliphatic carbocycles. The fraction of sp³-hybridized carbons (Fsp3) is 0.375.